The molecule has 1 saturated carbocycles. The van der Waals surface area contributed by atoms with Crippen LogP contribution in [-0.2, 0) is 5.41 Å². The van der Waals surface area contributed by atoms with Gasteiger partial charge in [-0.15, -0.1) is 0 Å². The molecule has 1 fully saturated rings. The average molecular weight is 276 g/mol. The summed E-state index contributed by atoms with van der Waals surface area (Å²) < 4.78 is 14.2. The summed E-state index contributed by atoms with van der Waals surface area (Å²) in [5.74, 6) is -1.94. The Hall–Kier alpha value is -0.810. The van der Waals surface area contributed by atoms with E-state index in [1.165, 1.54) is 6.07 Å². The topological polar surface area (TPSA) is 66.5 Å². The normalized spacial score (nSPS) is 17.8. The van der Waals surface area contributed by atoms with Crippen LogP contribution in [0.25, 0.3) is 0 Å². The van der Waals surface area contributed by atoms with Gasteiger partial charge < -0.3 is 15.9 Å². The molecule has 0 radical (unpaired) electrons. The number of hydrogen-bond donors (Lipinski definition) is 3. The number of halogens is 2. The van der Waals surface area contributed by atoms with Gasteiger partial charge in [0.25, 0.3) is 0 Å². The Kier molecular flexibility index (Phi) is 2.39. The van der Waals surface area contributed by atoms with Crippen LogP contribution < -0.4 is 5.73 Å². The van der Waals surface area contributed by atoms with Gasteiger partial charge in [0.2, 0.25) is 0 Å². The molecule has 0 spiro atoms. The van der Waals surface area contributed by atoms with E-state index in [1.54, 1.807) is 0 Å². The molecule has 4 N–H and O–H groups in total. The second kappa shape index (κ2) is 3.35. The van der Waals surface area contributed by atoms with Crippen molar-refractivity contribution < 1.29 is 14.6 Å². The van der Waals surface area contributed by atoms with Gasteiger partial charge in [-0.25, -0.2) is 4.39 Å². The van der Waals surface area contributed by atoms with Gasteiger partial charge in [0.15, 0.2) is 17.3 Å². The Morgan fingerprint density at radius 1 is 1.47 bits per heavy atom. The summed E-state index contributed by atoms with van der Waals surface area (Å²) in [6, 6.07) is 1.30. The first kappa shape index (κ1) is 10.7. The molecule has 5 heteroatoms. The predicted molar refractivity (Wildman–Crippen MR) is 57.4 cm³/mol. The van der Waals surface area contributed by atoms with Gasteiger partial charge in [0, 0.05) is 22.0 Å². The molecule has 1 aromatic carbocycles. The second-order valence-corrected chi connectivity index (χ2v) is 4.75. The maximum atomic E-state index is 13.8. The number of benzene rings is 1. The van der Waals surface area contributed by atoms with E-state index in [0.29, 0.717) is 16.6 Å². The number of phenols is 2. The molecule has 0 saturated heterocycles. The van der Waals surface area contributed by atoms with Crippen LogP contribution in [-0.4, -0.2) is 16.8 Å². The third-order valence-corrected chi connectivity index (χ3v) is 3.57. The van der Waals surface area contributed by atoms with Crippen LogP contribution >= 0.6 is 15.9 Å². The van der Waals surface area contributed by atoms with Crippen molar-refractivity contribution in [2.75, 3.05) is 6.54 Å². The van der Waals surface area contributed by atoms with Gasteiger partial charge in [0.1, 0.15) is 0 Å². The zero-order valence-corrected chi connectivity index (χ0v) is 9.51. The fourth-order valence-corrected chi connectivity index (χ4v) is 2.60. The molecule has 0 amide bonds. The summed E-state index contributed by atoms with van der Waals surface area (Å²) in [4.78, 5) is 0. The van der Waals surface area contributed by atoms with Crippen molar-refractivity contribution in [2.45, 2.75) is 18.3 Å². The maximum absolute atomic E-state index is 13.8. The first-order valence-corrected chi connectivity index (χ1v) is 5.41. The highest BCUT2D eigenvalue weighted by atomic mass is 79.9. The first-order chi connectivity index (χ1) is 7.02. The molecule has 1 aliphatic carbocycles. The van der Waals surface area contributed by atoms with Gasteiger partial charge in [-0.3, -0.25) is 0 Å². The van der Waals surface area contributed by atoms with Gasteiger partial charge in [-0.05, 0) is 18.9 Å². The Balaban J connectivity index is 2.62. The maximum Gasteiger partial charge on any atom is 0.194 e. The molecule has 0 bridgehead atoms. The molecule has 1 aliphatic rings. The number of rotatable bonds is 2. The summed E-state index contributed by atoms with van der Waals surface area (Å²) in [5.41, 5.74) is 5.60. The summed E-state index contributed by atoms with van der Waals surface area (Å²) in [7, 11) is 0. The number of aromatic hydroxyl groups is 2. The molecular weight excluding hydrogens is 265 g/mol. The van der Waals surface area contributed by atoms with E-state index in [-0.39, 0.29) is 5.41 Å². The predicted octanol–water partition coefficient (Wildman–Crippen LogP) is 1.99. The molecule has 1 aromatic rings. The lowest BCUT2D eigenvalue weighted by Gasteiger charge is -2.17. The van der Waals surface area contributed by atoms with Crippen molar-refractivity contribution in [1.82, 2.24) is 0 Å². The van der Waals surface area contributed by atoms with Crippen molar-refractivity contribution in [3.8, 4) is 11.5 Å². The lowest BCUT2D eigenvalue weighted by molar-refractivity contribution is 0.373. The highest BCUT2D eigenvalue weighted by Gasteiger charge is 2.47. The second-order valence-electron chi connectivity index (χ2n) is 3.90. The van der Waals surface area contributed by atoms with E-state index in [2.05, 4.69) is 15.9 Å². The molecule has 15 heavy (non-hydrogen) atoms. The van der Waals surface area contributed by atoms with Gasteiger partial charge >= 0.3 is 0 Å². The SMILES string of the molecule is NCC1(c2c(Br)cc(O)c(O)c2F)CC1. The van der Waals surface area contributed by atoms with Crippen LogP contribution in [0.5, 0.6) is 11.5 Å². The van der Waals surface area contributed by atoms with Gasteiger partial charge in [0.05, 0.1) is 0 Å². The summed E-state index contributed by atoms with van der Waals surface area (Å²) in [6.07, 6.45) is 1.62. The van der Waals surface area contributed by atoms with E-state index in [9.17, 15) is 14.6 Å². The molecule has 0 unspecified atom stereocenters. The monoisotopic (exact) mass is 275 g/mol. The van der Waals surface area contributed by atoms with Crippen LogP contribution in [0.2, 0.25) is 0 Å². The molecule has 0 atom stereocenters. The smallest absolute Gasteiger partial charge is 0.194 e. The quantitative estimate of drug-likeness (QED) is 0.724. The summed E-state index contributed by atoms with van der Waals surface area (Å²) in [5, 5.41) is 18.5. The Morgan fingerprint density at radius 3 is 2.53 bits per heavy atom. The molecule has 2 rings (SSSR count). The van der Waals surface area contributed by atoms with E-state index in [4.69, 9.17) is 5.73 Å². The molecule has 82 valence electrons. The standard InChI is InChI=1S/C10H11BrFNO2/c11-5-3-6(14)9(15)8(12)7(5)10(4-13)1-2-10/h3,14-15H,1-2,4,13H2. The highest BCUT2D eigenvalue weighted by Crippen LogP contribution is 2.53. The van der Waals surface area contributed by atoms with Crippen molar-refractivity contribution in [1.29, 1.82) is 0 Å². The molecular formula is C10H11BrFNO2. The largest absolute Gasteiger partial charge is 0.504 e. The highest BCUT2D eigenvalue weighted by molar-refractivity contribution is 9.10. The van der Waals surface area contributed by atoms with Crippen molar-refractivity contribution in [3.63, 3.8) is 0 Å². The van der Waals surface area contributed by atoms with E-state index < -0.39 is 17.3 Å². The third kappa shape index (κ3) is 1.50. The van der Waals surface area contributed by atoms with Gasteiger partial charge in [-0.1, -0.05) is 15.9 Å². The van der Waals surface area contributed by atoms with E-state index in [0.717, 1.165) is 12.8 Å². The zero-order chi connectivity index (χ0) is 11.2. The van der Waals surface area contributed by atoms with E-state index >= 15 is 0 Å². The Bertz CT molecular complexity index is 418. The lowest BCUT2D eigenvalue weighted by Crippen LogP contribution is -2.21. The minimum absolute atomic E-state index is 0.340. The van der Waals surface area contributed by atoms with Crippen LogP contribution in [0, 0.1) is 5.82 Å². The molecule has 0 aliphatic heterocycles. The van der Waals surface area contributed by atoms with Crippen LogP contribution in [0.3, 0.4) is 0 Å². The molecule has 0 aromatic heterocycles. The number of hydrogen-bond acceptors (Lipinski definition) is 3. The third-order valence-electron chi connectivity index (χ3n) is 2.95. The fraction of sp³-hybridized carbons (Fsp3) is 0.400. The summed E-state index contributed by atoms with van der Waals surface area (Å²) >= 11 is 3.18. The molecule has 3 nitrogen and oxygen atoms in total. The molecule has 0 heterocycles. The van der Waals surface area contributed by atoms with Crippen LogP contribution in [0.4, 0.5) is 4.39 Å². The fourth-order valence-electron chi connectivity index (χ4n) is 1.79. The Labute approximate surface area is 94.8 Å². The van der Waals surface area contributed by atoms with E-state index in [1.807, 2.05) is 0 Å². The first-order valence-electron chi connectivity index (χ1n) is 4.62. The van der Waals surface area contributed by atoms with Crippen molar-refractivity contribution >= 4 is 15.9 Å². The minimum atomic E-state index is -0.773. The minimum Gasteiger partial charge on any atom is -0.504 e. The van der Waals surface area contributed by atoms with Crippen LogP contribution in [0.1, 0.15) is 18.4 Å². The van der Waals surface area contributed by atoms with Crippen LogP contribution in [0.15, 0.2) is 10.5 Å². The van der Waals surface area contributed by atoms with Crippen molar-refractivity contribution in [3.05, 3.63) is 21.9 Å². The zero-order valence-electron chi connectivity index (χ0n) is 7.93. The number of nitrogens with two attached hydrogens (primary N) is 1. The van der Waals surface area contributed by atoms with Crippen molar-refractivity contribution in [2.24, 2.45) is 5.73 Å². The summed E-state index contributed by atoms with van der Waals surface area (Å²) in [6.45, 7) is 0.340. The van der Waals surface area contributed by atoms with Gasteiger partial charge in [-0.2, -0.15) is 0 Å². The average Bonchev–Trinajstić information content (AvgIpc) is 2.96. The lowest BCUT2D eigenvalue weighted by atomic mass is 9.95. The number of phenolic OH excluding ortho intramolecular Hbond substituents is 2. The Morgan fingerprint density at radius 2 is 2.07 bits per heavy atom.